The lowest BCUT2D eigenvalue weighted by Gasteiger charge is -2.20. The first-order valence-corrected chi connectivity index (χ1v) is 7.92. The maximum Gasteiger partial charge on any atom is 0.255 e. The van der Waals surface area contributed by atoms with Crippen molar-refractivity contribution in [3.8, 4) is 5.75 Å². The molecule has 1 amide bonds. The molecule has 0 bridgehead atoms. The molecule has 0 fully saturated rings. The van der Waals surface area contributed by atoms with Gasteiger partial charge in [-0.1, -0.05) is 6.07 Å². The highest BCUT2D eigenvalue weighted by molar-refractivity contribution is 7.90. The molecule has 0 spiro atoms. The van der Waals surface area contributed by atoms with Crippen LogP contribution in [0.4, 0.5) is 0 Å². The van der Waals surface area contributed by atoms with Crippen LogP contribution < -0.4 is 4.74 Å². The van der Waals surface area contributed by atoms with Gasteiger partial charge < -0.3 is 9.64 Å². The molecule has 0 unspecified atom stereocenters. The topological polar surface area (TPSA) is 63.7 Å². The van der Waals surface area contributed by atoms with E-state index in [0.717, 1.165) is 6.26 Å². The van der Waals surface area contributed by atoms with Crippen molar-refractivity contribution in [1.29, 1.82) is 0 Å². The third kappa shape index (κ3) is 3.26. The summed E-state index contributed by atoms with van der Waals surface area (Å²) in [6.45, 7) is 4.74. The first-order chi connectivity index (χ1) is 8.86. The minimum absolute atomic E-state index is 0.0469. The third-order valence-electron chi connectivity index (χ3n) is 2.85. The largest absolute Gasteiger partial charge is 0.495 e. The quantitative estimate of drug-likeness (QED) is 0.824. The number of rotatable bonds is 5. The molecule has 0 aromatic heterocycles. The Morgan fingerprint density at radius 2 is 1.84 bits per heavy atom. The number of hydrogen-bond donors (Lipinski definition) is 0. The summed E-state index contributed by atoms with van der Waals surface area (Å²) in [4.78, 5) is 13.9. The minimum atomic E-state index is -3.54. The van der Waals surface area contributed by atoms with Gasteiger partial charge in [-0.15, -0.1) is 0 Å². The van der Waals surface area contributed by atoms with E-state index in [4.69, 9.17) is 4.74 Å². The van der Waals surface area contributed by atoms with Crippen molar-refractivity contribution in [2.75, 3.05) is 26.5 Å². The van der Waals surface area contributed by atoms with Gasteiger partial charge in [-0.25, -0.2) is 8.42 Å². The van der Waals surface area contributed by atoms with Crippen LogP contribution in [0.15, 0.2) is 23.1 Å². The zero-order chi connectivity index (χ0) is 14.6. The van der Waals surface area contributed by atoms with Gasteiger partial charge in [-0.05, 0) is 26.0 Å². The fourth-order valence-corrected chi connectivity index (χ4v) is 2.98. The van der Waals surface area contributed by atoms with Gasteiger partial charge in [0.2, 0.25) is 0 Å². The molecule has 0 radical (unpaired) electrons. The van der Waals surface area contributed by atoms with E-state index in [2.05, 4.69) is 0 Å². The van der Waals surface area contributed by atoms with Crippen molar-refractivity contribution in [2.24, 2.45) is 0 Å². The summed E-state index contributed by atoms with van der Waals surface area (Å²) in [7, 11) is -2.16. The van der Waals surface area contributed by atoms with Crippen LogP contribution in [-0.2, 0) is 9.84 Å². The Bertz CT molecular complexity index is 562. The molecular formula is C13H19NO4S. The fourth-order valence-electron chi connectivity index (χ4n) is 1.91. The molecule has 0 heterocycles. The molecule has 5 nitrogen and oxygen atoms in total. The number of methoxy groups -OCH3 is 1. The maximum absolute atomic E-state index is 12.3. The first-order valence-electron chi connectivity index (χ1n) is 6.03. The summed E-state index contributed by atoms with van der Waals surface area (Å²) in [5.41, 5.74) is 0.158. The fraction of sp³-hybridized carbons (Fsp3) is 0.462. The molecule has 19 heavy (non-hydrogen) atoms. The van der Waals surface area contributed by atoms with Gasteiger partial charge in [0.15, 0.2) is 9.84 Å². The molecule has 1 aromatic carbocycles. The summed E-state index contributed by atoms with van der Waals surface area (Å²) in [5.74, 6) is -0.107. The highest BCUT2D eigenvalue weighted by Gasteiger charge is 2.25. The van der Waals surface area contributed by atoms with Gasteiger partial charge >= 0.3 is 0 Å². The summed E-state index contributed by atoms with van der Waals surface area (Å²) in [5, 5.41) is 0. The molecule has 6 heteroatoms. The number of benzene rings is 1. The van der Waals surface area contributed by atoms with Crippen molar-refractivity contribution >= 4 is 15.7 Å². The van der Waals surface area contributed by atoms with Crippen LogP contribution in [0.3, 0.4) is 0 Å². The molecule has 1 aromatic rings. The second kappa shape index (κ2) is 6.06. The lowest BCUT2D eigenvalue weighted by Crippen LogP contribution is -2.31. The number of hydrogen-bond acceptors (Lipinski definition) is 4. The number of carbonyl (C=O) groups is 1. The van der Waals surface area contributed by atoms with Crippen molar-refractivity contribution in [3.63, 3.8) is 0 Å². The molecule has 0 N–H and O–H groups in total. The van der Waals surface area contributed by atoms with Crippen molar-refractivity contribution in [1.82, 2.24) is 4.90 Å². The summed E-state index contributed by atoms with van der Waals surface area (Å²) < 4.78 is 28.8. The van der Waals surface area contributed by atoms with Gasteiger partial charge in [0.05, 0.1) is 12.7 Å². The zero-order valence-corrected chi connectivity index (χ0v) is 12.5. The highest BCUT2D eigenvalue weighted by Crippen LogP contribution is 2.28. The second-order valence-electron chi connectivity index (χ2n) is 4.09. The monoisotopic (exact) mass is 285 g/mol. The summed E-state index contributed by atoms with van der Waals surface area (Å²) in [6.07, 6.45) is 1.07. The van der Waals surface area contributed by atoms with Crippen LogP contribution >= 0.6 is 0 Å². The summed E-state index contributed by atoms with van der Waals surface area (Å²) in [6, 6.07) is 4.67. The lowest BCUT2D eigenvalue weighted by atomic mass is 10.2. The Balaban J connectivity index is 3.48. The van der Waals surface area contributed by atoms with Crippen LogP contribution in [0.5, 0.6) is 5.75 Å². The number of carbonyl (C=O) groups excluding carboxylic acids is 1. The molecule has 0 atom stereocenters. The predicted molar refractivity (Wildman–Crippen MR) is 73.4 cm³/mol. The predicted octanol–water partition coefficient (Wildman–Crippen LogP) is 1.58. The number of amides is 1. The molecular weight excluding hydrogens is 266 g/mol. The van der Waals surface area contributed by atoms with Crippen molar-refractivity contribution in [2.45, 2.75) is 18.7 Å². The Kier molecular flexibility index (Phi) is 4.94. The van der Waals surface area contributed by atoms with Gasteiger partial charge in [-0.2, -0.15) is 0 Å². The average Bonchev–Trinajstić information content (AvgIpc) is 2.38. The minimum Gasteiger partial charge on any atom is -0.495 e. The Labute approximate surface area is 114 Å². The van der Waals surface area contributed by atoms with E-state index in [-0.39, 0.29) is 22.1 Å². The smallest absolute Gasteiger partial charge is 0.255 e. The van der Waals surface area contributed by atoms with Crippen molar-refractivity contribution in [3.05, 3.63) is 23.8 Å². The Morgan fingerprint density at radius 3 is 2.26 bits per heavy atom. The van der Waals surface area contributed by atoms with Crippen molar-refractivity contribution < 1.29 is 17.9 Å². The van der Waals surface area contributed by atoms with E-state index in [1.807, 2.05) is 13.8 Å². The SMILES string of the molecule is CCN(CC)C(=O)c1cccc(OC)c1S(C)(=O)=O. The van der Waals surface area contributed by atoms with Gasteiger partial charge in [0.1, 0.15) is 10.6 Å². The normalized spacial score (nSPS) is 11.2. The van der Waals surface area contributed by atoms with E-state index in [9.17, 15) is 13.2 Å². The highest BCUT2D eigenvalue weighted by atomic mass is 32.2. The summed E-state index contributed by atoms with van der Waals surface area (Å²) >= 11 is 0. The van der Waals surface area contributed by atoms with E-state index >= 15 is 0 Å². The molecule has 0 saturated carbocycles. The van der Waals surface area contributed by atoms with E-state index in [1.165, 1.54) is 19.2 Å². The number of ether oxygens (including phenoxy) is 1. The van der Waals surface area contributed by atoms with Gasteiger partial charge in [0.25, 0.3) is 5.91 Å². The van der Waals surface area contributed by atoms with Crippen LogP contribution in [0.2, 0.25) is 0 Å². The van der Waals surface area contributed by atoms with Gasteiger partial charge in [0, 0.05) is 19.3 Å². The van der Waals surface area contributed by atoms with E-state index < -0.39 is 9.84 Å². The Hall–Kier alpha value is -1.56. The van der Waals surface area contributed by atoms with E-state index in [0.29, 0.717) is 13.1 Å². The maximum atomic E-state index is 12.3. The van der Waals surface area contributed by atoms with Crippen LogP contribution in [0.1, 0.15) is 24.2 Å². The number of nitrogens with zero attached hydrogens (tertiary/aromatic N) is 1. The molecule has 1 rings (SSSR count). The van der Waals surface area contributed by atoms with Crippen LogP contribution in [-0.4, -0.2) is 45.7 Å². The molecule has 0 aliphatic heterocycles. The lowest BCUT2D eigenvalue weighted by molar-refractivity contribution is 0.0768. The van der Waals surface area contributed by atoms with Gasteiger partial charge in [-0.3, -0.25) is 4.79 Å². The Morgan fingerprint density at radius 1 is 1.26 bits per heavy atom. The van der Waals surface area contributed by atoms with Crippen LogP contribution in [0, 0.1) is 0 Å². The zero-order valence-electron chi connectivity index (χ0n) is 11.6. The number of sulfone groups is 1. The standard InChI is InChI=1S/C13H19NO4S/c1-5-14(6-2)13(15)10-8-7-9-11(18-3)12(10)19(4,16)17/h7-9H,5-6H2,1-4H3. The van der Waals surface area contributed by atoms with E-state index in [1.54, 1.807) is 11.0 Å². The molecule has 106 valence electrons. The molecule has 0 aliphatic rings. The molecule has 0 saturated heterocycles. The second-order valence-corrected chi connectivity index (χ2v) is 6.04. The third-order valence-corrected chi connectivity index (χ3v) is 4.01. The van der Waals surface area contributed by atoms with Crippen LogP contribution in [0.25, 0.3) is 0 Å². The first kappa shape index (κ1) is 15.5. The molecule has 0 aliphatic carbocycles. The average molecular weight is 285 g/mol.